The molecule has 2 N–H and O–H groups in total. The van der Waals surface area contributed by atoms with Gasteiger partial charge in [0.15, 0.2) is 0 Å². The van der Waals surface area contributed by atoms with Crippen molar-refractivity contribution in [1.29, 1.82) is 0 Å². The number of hydrogen-bond donors (Lipinski definition) is 2. The maximum atomic E-state index is 12.3. The van der Waals surface area contributed by atoms with E-state index in [1.807, 2.05) is 35.2 Å². The van der Waals surface area contributed by atoms with Crippen LogP contribution in [0, 0.1) is 0 Å². The van der Waals surface area contributed by atoms with Crippen molar-refractivity contribution in [1.82, 2.24) is 15.5 Å². The van der Waals surface area contributed by atoms with Gasteiger partial charge in [-0.2, -0.15) is 0 Å². The van der Waals surface area contributed by atoms with Crippen LogP contribution in [0.5, 0.6) is 11.5 Å². The van der Waals surface area contributed by atoms with E-state index < -0.39 is 0 Å². The van der Waals surface area contributed by atoms with Crippen LogP contribution in [-0.4, -0.2) is 37.0 Å². The average molecular weight is 392 g/mol. The second-order valence-corrected chi connectivity index (χ2v) is 7.90. The molecule has 2 fully saturated rings. The van der Waals surface area contributed by atoms with Crippen LogP contribution in [0.25, 0.3) is 0 Å². The van der Waals surface area contributed by atoms with Crippen molar-refractivity contribution >= 4 is 5.91 Å². The second-order valence-electron chi connectivity index (χ2n) is 7.90. The number of hydrogen-bond acceptors (Lipinski definition) is 4. The number of para-hydroxylation sites is 1. The quantitative estimate of drug-likeness (QED) is 0.758. The third-order valence-electron chi connectivity index (χ3n) is 5.75. The van der Waals surface area contributed by atoms with Crippen LogP contribution in [0.2, 0.25) is 0 Å². The number of piperidine rings is 1. The first-order chi connectivity index (χ1) is 14.1. The largest absolute Gasteiger partial charge is 0.457 e. The number of nitrogens with one attached hydrogen (secondary N) is 2. The van der Waals surface area contributed by atoms with Crippen LogP contribution in [0.3, 0.4) is 0 Å². The normalized spacial score (nSPS) is 18.0. The molecule has 29 heavy (non-hydrogen) atoms. The number of likely N-dealkylation sites (tertiary alicyclic amines) is 1. The number of rotatable bonds is 5. The van der Waals surface area contributed by atoms with Gasteiger partial charge in [-0.3, -0.25) is 15.4 Å². The van der Waals surface area contributed by atoms with E-state index in [2.05, 4.69) is 35.4 Å². The first-order valence-electron chi connectivity index (χ1n) is 10.4. The molecule has 0 saturated carbocycles. The van der Waals surface area contributed by atoms with Gasteiger partial charge in [0.2, 0.25) is 5.91 Å². The Kier molecular flexibility index (Phi) is 5.97. The Hall–Kier alpha value is -2.63. The van der Waals surface area contributed by atoms with Gasteiger partial charge in [0.1, 0.15) is 11.5 Å². The van der Waals surface area contributed by atoms with E-state index in [-0.39, 0.29) is 12.1 Å². The zero-order valence-corrected chi connectivity index (χ0v) is 17.0. The minimum absolute atomic E-state index is 0.0670. The zero-order chi connectivity index (χ0) is 20.2. The Morgan fingerprint density at radius 1 is 1.07 bits per heavy atom. The highest BCUT2D eigenvalue weighted by atomic mass is 16.5. The highest BCUT2D eigenvalue weighted by molar-refractivity contribution is 5.92. The molecule has 152 valence electrons. The van der Waals surface area contributed by atoms with Gasteiger partial charge in [0.05, 0.1) is 6.17 Å². The van der Waals surface area contributed by atoms with Crippen LogP contribution < -0.4 is 15.4 Å². The van der Waals surface area contributed by atoms with Crippen LogP contribution in [-0.2, 0) is 4.79 Å². The summed E-state index contributed by atoms with van der Waals surface area (Å²) in [6, 6.07) is 16.4. The molecule has 5 heteroatoms. The van der Waals surface area contributed by atoms with Crippen molar-refractivity contribution in [3.8, 4) is 11.5 Å². The van der Waals surface area contributed by atoms with Gasteiger partial charge in [0.25, 0.3) is 0 Å². The number of carbonyl (C=O) groups excluding carboxylic acids is 1. The molecule has 2 aromatic rings. The van der Waals surface area contributed by atoms with Crippen molar-refractivity contribution in [3.05, 3.63) is 71.8 Å². The lowest BCUT2D eigenvalue weighted by Gasteiger charge is -2.33. The zero-order valence-electron chi connectivity index (χ0n) is 17.0. The summed E-state index contributed by atoms with van der Waals surface area (Å²) in [4.78, 5) is 14.2. The Morgan fingerprint density at radius 3 is 2.41 bits per heavy atom. The molecule has 2 aliphatic rings. The summed E-state index contributed by atoms with van der Waals surface area (Å²) >= 11 is 0. The third-order valence-corrected chi connectivity index (χ3v) is 5.75. The maximum Gasteiger partial charge on any atom is 0.248 e. The lowest BCUT2D eigenvalue weighted by Crippen LogP contribution is -2.38. The number of nitrogens with zero attached hydrogens (tertiary/aromatic N) is 1. The fraction of sp³-hybridized carbons (Fsp3) is 0.375. The highest BCUT2D eigenvalue weighted by Crippen LogP contribution is 2.38. The molecule has 4 rings (SSSR count). The summed E-state index contributed by atoms with van der Waals surface area (Å²) in [6.45, 7) is 9.04. The van der Waals surface area contributed by atoms with E-state index in [1.165, 1.54) is 11.1 Å². The number of ether oxygens (including phenoxy) is 1. The summed E-state index contributed by atoms with van der Waals surface area (Å²) < 4.78 is 6.26. The molecule has 1 amide bonds. The predicted octanol–water partition coefficient (Wildman–Crippen LogP) is 3.95. The van der Waals surface area contributed by atoms with Crippen LogP contribution >= 0.6 is 0 Å². The van der Waals surface area contributed by atoms with Gasteiger partial charge in [-0.1, -0.05) is 30.8 Å². The van der Waals surface area contributed by atoms with Crippen LogP contribution in [0.15, 0.2) is 60.7 Å². The van der Waals surface area contributed by atoms with E-state index in [9.17, 15) is 4.79 Å². The average Bonchev–Trinajstić information content (AvgIpc) is 3.29. The SMILES string of the molecule is C=C(C)C(=O)N1CCC(c2cc(C3NCCN3)ccc2Oc2ccccc2)CC1. The Bertz CT molecular complexity index is 867. The molecule has 2 heterocycles. The molecule has 0 aliphatic carbocycles. The van der Waals surface area contributed by atoms with Gasteiger partial charge >= 0.3 is 0 Å². The standard InChI is InChI=1S/C24H29N3O2/c1-17(2)24(28)27-14-10-18(11-15-27)21-16-19(23-25-12-13-26-23)8-9-22(21)29-20-6-4-3-5-7-20/h3-9,16,18,23,25-26H,1,10-15H2,2H3. The molecular weight excluding hydrogens is 362 g/mol. The molecule has 5 nitrogen and oxygen atoms in total. The van der Waals surface area contributed by atoms with Crippen molar-refractivity contribution < 1.29 is 9.53 Å². The molecule has 0 spiro atoms. The van der Waals surface area contributed by atoms with Gasteiger partial charge in [-0.15, -0.1) is 0 Å². The van der Waals surface area contributed by atoms with Crippen molar-refractivity contribution in [2.75, 3.05) is 26.2 Å². The molecule has 0 aromatic heterocycles. The molecule has 2 aromatic carbocycles. The number of carbonyl (C=O) groups is 1. The molecular formula is C24H29N3O2. The fourth-order valence-electron chi connectivity index (χ4n) is 4.18. The maximum absolute atomic E-state index is 12.3. The second kappa shape index (κ2) is 8.80. The van der Waals surface area contributed by atoms with E-state index in [1.54, 1.807) is 6.92 Å². The number of benzene rings is 2. The van der Waals surface area contributed by atoms with Crippen molar-refractivity contribution in [3.63, 3.8) is 0 Å². The summed E-state index contributed by atoms with van der Waals surface area (Å²) in [7, 11) is 0. The minimum Gasteiger partial charge on any atom is -0.457 e. The predicted molar refractivity (Wildman–Crippen MR) is 115 cm³/mol. The molecule has 0 radical (unpaired) electrons. The topological polar surface area (TPSA) is 53.6 Å². The lowest BCUT2D eigenvalue weighted by atomic mass is 9.87. The van der Waals surface area contributed by atoms with E-state index >= 15 is 0 Å². The van der Waals surface area contributed by atoms with Gasteiger partial charge in [-0.05, 0) is 61.1 Å². The third kappa shape index (κ3) is 4.52. The summed E-state index contributed by atoms with van der Waals surface area (Å²) in [6.07, 6.45) is 2.04. The molecule has 2 aliphatic heterocycles. The van der Waals surface area contributed by atoms with Gasteiger partial charge in [0, 0.05) is 31.8 Å². The summed E-state index contributed by atoms with van der Waals surface area (Å²) in [5.41, 5.74) is 3.07. The monoisotopic (exact) mass is 391 g/mol. The summed E-state index contributed by atoms with van der Waals surface area (Å²) in [5.74, 6) is 2.18. The molecule has 0 bridgehead atoms. The van der Waals surface area contributed by atoms with E-state index in [4.69, 9.17) is 4.74 Å². The first-order valence-corrected chi connectivity index (χ1v) is 10.4. The van der Waals surface area contributed by atoms with Crippen molar-refractivity contribution in [2.45, 2.75) is 31.8 Å². The molecule has 2 saturated heterocycles. The van der Waals surface area contributed by atoms with Crippen molar-refractivity contribution in [2.24, 2.45) is 0 Å². The number of amides is 1. The van der Waals surface area contributed by atoms with Crippen LogP contribution in [0.4, 0.5) is 0 Å². The molecule has 0 unspecified atom stereocenters. The first kappa shape index (κ1) is 19.7. The molecule has 0 atom stereocenters. The Balaban J connectivity index is 1.58. The van der Waals surface area contributed by atoms with Crippen LogP contribution in [0.1, 0.15) is 43.0 Å². The van der Waals surface area contributed by atoms with E-state index in [0.29, 0.717) is 11.5 Å². The Morgan fingerprint density at radius 2 is 1.76 bits per heavy atom. The van der Waals surface area contributed by atoms with E-state index in [0.717, 1.165) is 50.5 Å². The smallest absolute Gasteiger partial charge is 0.248 e. The minimum atomic E-state index is 0.0670. The van der Waals surface area contributed by atoms with Gasteiger partial charge < -0.3 is 9.64 Å². The summed E-state index contributed by atoms with van der Waals surface area (Å²) in [5, 5.41) is 6.98. The highest BCUT2D eigenvalue weighted by Gasteiger charge is 2.27. The fourth-order valence-corrected chi connectivity index (χ4v) is 4.18. The lowest BCUT2D eigenvalue weighted by molar-refractivity contribution is -0.128. The van der Waals surface area contributed by atoms with Gasteiger partial charge in [-0.25, -0.2) is 0 Å². The Labute approximate surface area is 172 Å².